The molecule has 6 heteroatoms. The molecule has 0 saturated carbocycles. The van der Waals surface area contributed by atoms with E-state index in [-0.39, 0.29) is 24.8 Å². The van der Waals surface area contributed by atoms with E-state index in [1.807, 2.05) is 38.1 Å². The number of ether oxygens (including phenoxy) is 1. The van der Waals surface area contributed by atoms with Crippen molar-refractivity contribution < 1.29 is 18.7 Å². The molecule has 0 saturated heterocycles. The summed E-state index contributed by atoms with van der Waals surface area (Å²) in [5, 5.41) is 2.87. The van der Waals surface area contributed by atoms with Gasteiger partial charge in [0.2, 0.25) is 11.8 Å². The summed E-state index contributed by atoms with van der Waals surface area (Å²) in [7, 11) is 1.57. The second-order valence-electron chi connectivity index (χ2n) is 7.46. The number of hydrogen-bond acceptors (Lipinski definition) is 3. The van der Waals surface area contributed by atoms with E-state index in [0.29, 0.717) is 23.8 Å². The molecule has 0 fully saturated rings. The number of carbonyl (C=O) groups excluding carboxylic acids is 2. The topological polar surface area (TPSA) is 58.6 Å². The molecule has 0 unspecified atom stereocenters. The molecule has 2 aromatic rings. The van der Waals surface area contributed by atoms with Gasteiger partial charge in [-0.2, -0.15) is 0 Å². The molecule has 0 aliphatic rings. The third-order valence-electron chi connectivity index (χ3n) is 4.64. The normalized spacial score (nSPS) is 11.8. The molecule has 0 aliphatic heterocycles. The van der Waals surface area contributed by atoms with Crippen molar-refractivity contribution in [1.29, 1.82) is 0 Å². The summed E-state index contributed by atoms with van der Waals surface area (Å²) in [5.41, 5.74) is 1.14. The predicted octanol–water partition coefficient (Wildman–Crippen LogP) is 3.57. The lowest BCUT2D eigenvalue weighted by Gasteiger charge is -2.29. The van der Waals surface area contributed by atoms with Gasteiger partial charge in [-0.25, -0.2) is 4.39 Å². The molecule has 0 radical (unpaired) electrons. The van der Waals surface area contributed by atoms with Crippen LogP contribution in [0.4, 0.5) is 4.39 Å². The summed E-state index contributed by atoms with van der Waals surface area (Å²) < 4.78 is 19.3. The van der Waals surface area contributed by atoms with Crippen LogP contribution in [-0.4, -0.2) is 36.4 Å². The molecule has 156 valence electrons. The Morgan fingerprint density at radius 3 is 2.48 bits per heavy atom. The highest BCUT2D eigenvalue weighted by atomic mass is 19.1. The summed E-state index contributed by atoms with van der Waals surface area (Å²) in [5.74, 6) is -0.0132. The van der Waals surface area contributed by atoms with Crippen LogP contribution in [0.2, 0.25) is 0 Å². The van der Waals surface area contributed by atoms with Gasteiger partial charge >= 0.3 is 0 Å². The zero-order valence-electron chi connectivity index (χ0n) is 17.4. The van der Waals surface area contributed by atoms with E-state index in [2.05, 4.69) is 5.32 Å². The Kier molecular flexibility index (Phi) is 8.19. The summed E-state index contributed by atoms with van der Waals surface area (Å²) in [6.45, 7) is 6.44. The van der Waals surface area contributed by atoms with Crippen LogP contribution in [-0.2, 0) is 22.6 Å². The fourth-order valence-electron chi connectivity index (χ4n) is 2.91. The van der Waals surface area contributed by atoms with E-state index >= 15 is 0 Å². The fraction of sp³-hybridized carbons (Fsp3) is 0.391. The van der Waals surface area contributed by atoms with Gasteiger partial charge in [0.15, 0.2) is 0 Å². The molecule has 5 nitrogen and oxygen atoms in total. The summed E-state index contributed by atoms with van der Waals surface area (Å²) in [4.78, 5) is 27.2. The number of rotatable bonds is 9. The van der Waals surface area contributed by atoms with Gasteiger partial charge in [-0.3, -0.25) is 9.59 Å². The third-order valence-corrected chi connectivity index (χ3v) is 4.64. The molecular formula is C23H29FN2O3. The van der Waals surface area contributed by atoms with Gasteiger partial charge in [-0.1, -0.05) is 44.2 Å². The minimum absolute atomic E-state index is 0.113. The first-order chi connectivity index (χ1) is 13.8. The van der Waals surface area contributed by atoms with E-state index in [9.17, 15) is 14.0 Å². The molecular weight excluding hydrogens is 371 g/mol. The van der Waals surface area contributed by atoms with Crippen molar-refractivity contribution in [3.05, 3.63) is 65.5 Å². The highest BCUT2D eigenvalue weighted by Crippen LogP contribution is 2.18. The lowest BCUT2D eigenvalue weighted by atomic mass is 10.1. The number of carbonyl (C=O) groups is 2. The van der Waals surface area contributed by atoms with E-state index in [1.165, 1.54) is 11.0 Å². The largest absolute Gasteiger partial charge is 0.497 e. The maximum absolute atomic E-state index is 14.0. The smallest absolute Gasteiger partial charge is 0.242 e. The van der Waals surface area contributed by atoms with Crippen LogP contribution in [0.3, 0.4) is 0 Å². The van der Waals surface area contributed by atoms with E-state index in [0.717, 1.165) is 5.56 Å². The molecule has 1 atom stereocenters. The van der Waals surface area contributed by atoms with Gasteiger partial charge in [-0.05, 0) is 42.2 Å². The first-order valence-electron chi connectivity index (χ1n) is 9.75. The Bertz CT molecular complexity index is 838. The summed E-state index contributed by atoms with van der Waals surface area (Å²) in [6, 6.07) is 12.8. The Morgan fingerprint density at radius 2 is 1.83 bits per heavy atom. The second kappa shape index (κ2) is 10.6. The van der Waals surface area contributed by atoms with Crippen LogP contribution in [0, 0.1) is 11.7 Å². The molecule has 2 rings (SSSR count). The van der Waals surface area contributed by atoms with Crippen LogP contribution < -0.4 is 10.1 Å². The Morgan fingerprint density at radius 1 is 1.10 bits per heavy atom. The molecule has 2 amide bonds. The van der Waals surface area contributed by atoms with Crippen LogP contribution in [0.1, 0.15) is 31.9 Å². The molecule has 29 heavy (non-hydrogen) atoms. The minimum atomic E-state index is -0.695. The van der Waals surface area contributed by atoms with Gasteiger partial charge in [-0.15, -0.1) is 0 Å². The molecule has 2 aromatic carbocycles. The third kappa shape index (κ3) is 6.59. The van der Waals surface area contributed by atoms with E-state index in [4.69, 9.17) is 4.74 Å². The first-order valence-corrected chi connectivity index (χ1v) is 9.75. The number of nitrogens with one attached hydrogen (secondary N) is 1. The Hall–Kier alpha value is -2.89. The van der Waals surface area contributed by atoms with E-state index < -0.39 is 11.9 Å². The highest BCUT2D eigenvalue weighted by Gasteiger charge is 2.26. The Labute approximate surface area is 171 Å². The van der Waals surface area contributed by atoms with Crippen molar-refractivity contribution in [3.63, 3.8) is 0 Å². The number of methoxy groups -OCH3 is 1. The molecule has 0 bridgehead atoms. The van der Waals surface area contributed by atoms with Crippen molar-refractivity contribution in [2.45, 2.75) is 39.8 Å². The quantitative estimate of drug-likeness (QED) is 0.700. The fourth-order valence-corrected chi connectivity index (χ4v) is 2.91. The van der Waals surface area contributed by atoms with Gasteiger partial charge in [0.1, 0.15) is 17.6 Å². The standard InChI is InChI=1S/C23H29FN2O3/c1-16(2)14-25-23(28)17(3)26(15-18-8-7-10-20(12-18)29-4)22(27)13-19-9-5-6-11-21(19)24/h5-12,16-17H,13-15H2,1-4H3,(H,25,28)/t17-/m0/s1. The zero-order chi connectivity index (χ0) is 21.4. The van der Waals surface area contributed by atoms with E-state index in [1.54, 1.807) is 32.2 Å². The van der Waals surface area contributed by atoms with Crippen molar-refractivity contribution in [3.8, 4) is 5.75 Å². The highest BCUT2D eigenvalue weighted by molar-refractivity contribution is 5.88. The number of nitrogens with zero attached hydrogens (tertiary/aromatic N) is 1. The lowest BCUT2D eigenvalue weighted by Crippen LogP contribution is -2.48. The zero-order valence-corrected chi connectivity index (χ0v) is 17.4. The van der Waals surface area contributed by atoms with Gasteiger partial charge in [0.25, 0.3) is 0 Å². The predicted molar refractivity (Wildman–Crippen MR) is 111 cm³/mol. The molecule has 0 aliphatic carbocycles. The number of hydrogen-bond donors (Lipinski definition) is 1. The van der Waals surface area contributed by atoms with Crippen LogP contribution in [0.15, 0.2) is 48.5 Å². The molecule has 1 N–H and O–H groups in total. The number of benzene rings is 2. The van der Waals surface area contributed by atoms with Gasteiger partial charge in [0, 0.05) is 13.1 Å². The van der Waals surface area contributed by atoms with Crippen molar-refractivity contribution in [1.82, 2.24) is 10.2 Å². The Balaban J connectivity index is 2.24. The maximum Gasteiger partial charge on any atom is 0.242 e. The second-order valence-corrected chi connectivity index (χ2v) is 7.46. The minimum Gasteiger partial charge on any atom is -0.497 e. The van der Waals surface area contributed by atoms with Crippen molar-refractivity contribution in [2.75, 3.05) is 13.7 Å². The molecule has 0 spiro atoms. The number of amides is 2. The molecule has 0 heterocycles. The van der Waals surface area contributed by atoms with Crippen LogP contribution >= 0.6 is 0 Å². The number of halogens is 1. The maximum atomic E-state index is 14.0. The first kappa shape index (κ1) is 22.4. The lowest BCUT2D eigenvalue weighted by molar-refractivity contribution is -0.140. The van der Waals surface area contributed by atoms with Crippen molar-refractivity contribution in [2.24, 2.45) is 5.92 Å². The monoisotopic (exact) mass is 400 g/mol. The van der Waals surface area contributed by atoms with Crippen molar-refractivity contribution >= 4 is 11.8 Å². The van der Waals surface area contributed by atoms with Gasteiger partial charge < -0.3 is 15.0 Å². The SMILES string of the molecule is COc1cccc(CN(C(=O)Cc2ccccc2F)[C@@H](C)C(=O)NCC(C)C)c1. The van der Waals surface area contributed by atoms with Crippen LogP contribution in [0.5, 0.6) is 5.75 Å². The summed E-state index contributed by atoms with van der Waals surface area (Å²) in [6.07, 6.45) is -0.113. The van der Waals surface area contributed by atoms with Gasteiger partial charge in [0.05, 0.1) is 13.5 Å². The average molecular weight is 400 g/mol. The molecule has 0 aromatic heterocycles. The average Bonchev–Trinajstić information content (AvgIpc) is 2.71. The summed E-state index contributed by atoms with van der Waals surface area (Å²) >= 11 is 0. The van der Waals surface area contributed by atoms with Crippen LogP contribution in [0.25, 0.3) is 0 Å².